The summed E-state index contributed by atoms with van der Waals surface area (Å²) >= 11 is 0. The number of carbonyl (C=O) groups excluding carboxylic acids is 1. The lowest BCUT2D eigenvalue weighted by Crippen LogP contribution is -2.15. The molecule has 1 N–H and O–H groups in total. The van der Waals surface area contributed by atoms with E-state index in [9.17, 15) is 9.59 Å². The number of unbranched alkanes of at least 4 members (excludes halogenated alkanes) is 14. The van der Waals surface area contributed by atoms with Crippen molar-refractivity contribution >= 4 is 11.9 Å². The van der Waals surface area contributed by atoms with Crippen molar-refractivity contribution in [3.63, 3.8) is 0 Å². The molecule has 0 aromatic rings. The minimum atomic E-state index is -0.995. The van der Waals surface area contributed by atoms with Gasteiger partial charge in [0, 0.05) is 6.42 Å². The van der Waals surface area contributed by atoms with Gasteiger partial charge in [0.25, 0.3) is 0 Å². The van der Waals surface area contributed by atoms with Crippen LogP contribution in [-0.2, 0) is 52.2 Å². The van der Waals surface area contributed by atoms with Gasteiger partial charge in [-0.15, -0.1) is 0 Å². The van der Waals surface area contributed by atoms with Gasteiger partial charge in [0.05, 0.1) is 99.1 Å². The van der Waals surface area contributed by atoms with E-state index in [1.165, 1.54) is 83.5 Å². The highest BCUT2D eigenvalue weighted by Gasteiger charge is 2.03. The predicted octanol–water partition coefficient (Wildman–Crippen LogP) is 6.01. The number of hydrogen-bond donors (Lipinski definition) is 1. The molecule has 0 bridgehead atoms. The maximum absolute atomic E-state index is 11.9. The summed E-state index contributed by atoms with van der Waals surface area (Å²) in [7, 11) is 0. The van der Waals surface area contributed by atoms with Crippen LogP contribution in [-0.4, -0.2) is 129 Å². The topological polar surface area (TPSA) is 137 Å². The van der Waals surface area contributed by atoms with Crippen LogP contribution in [0.2, 0.25) is 0 Å². The smallest absolute Gasteiger partial charge is 0.329 e. The molecule has 0 aliphatic rings. The number of ether oxygens (including phenoxy) is 9. The fraction of sp³-hybridized carbons (Fsp3) is 0.944. The zero-order valence-corrected chi connectivity index (χ0v) is 30.3. The van der Waals surface area contributed by atoms with Crippen LogP contribution in [0.3, 0.4) is 0 Å². The van der Waals surface area contributed by atoms with Gasteiger partial charge in [0.2, 0.25) is 0 Å². The maximum atomic E-state index is 11.9. The molecule has 0 aliphatic heterocycles. The highest BCUT2D eigenvalue weighted by molar-refractivity contribution is 5.69. The third-order valence-electron chi connectivity index (χ3n) is 7.30. The number of rotatable bonds is 42. The molecule has 0 aromatic carbocycles. The highest BCUT2D eigenvalue weighted by Crippen LogP contribution is 2.13. The van der Waals surface area contributed by atoms with Crippen LogP contribution >= 0.6 is 0 Å². The van der Waals surface area contributed by atoms with Gasteiger partial charge in [0.15, 0.2) is 0 Å². The average molecular weight is 695 g/mol. The molecular weight excluding hydrogens is 624 g/mol. The zero-order chi connectivity index (χ0) is 34.9. The van der Waals surface area contributed by atoms with Gasteiger partial charge < -0.3 is 47.7 Å². The normalized spacial score (nSPS) is 11.4. The Balaban J connectivity index is 3.14. The number of esters is 1. The van der Waals surface area contributed by atoms with E-state index in [-0.39, 0.29) is 25.8 Å². The number of carbonyl (C=O) groups is 2. The van der Waals surface area contributed by atoms with Crippen molar-refractivity contribution in [3.8, 4) is 0 Å². The number of hydrogen-bond acceptors (Lipinski definition) is 11. The lowest BCUT2D eigenvalue weighted by atomic mass is 10.0. The van der Waals surface area contributed by atoms with Gasteiger partial charge >= 0.3 is 11.9 Å². The Morgan fingerprint density at radius 2 is 0.646 bits per heavy atom. The summed E-state index contributed by atoms with van der Waals surface area (Å²) in [4.78, 5) is 22.1. The van der Waals surface area contributed by atoms with E-state index in [1.807, 2.05) is 0 Å². The predicted molar refractivity (Wildman–Crippen MR) is 185 cm³/mol. The Morgan fingerprint density at radius 1 is 0.375 bits per heavy atom. The van der Waals surface area contributed by atoms with Gasteiger partial charge in [-0.3, -0.25) is 4.79 Å². The van der Waals surface area contributed by atoms with Crippen LogP contribution < -0.4 is 0 Å². The molecule has 0 unspecified atom stereocenters. The lowest BCUT2D eigenvalue weighted by Gasteiger charge is -2.09. The standard InChI is InChI=1S/C36H70O12/c1-2-3-4-5-6-7-8-9-10-11-12-13-14-15-16-17-36(39)48-33-32-46-29-28-44-25-24-42-21-20-40-18-19-41-22-23-43-26-27-45-30-31-47-34-35(37)38/h2-34H2,1H3,(H,37,38). The molecule has 0 spiro atoms. The molecule has 0 saturated heterocycles. The van der Waals surface area contributed by atoms with Gasteiger partial charge in [-0.25, -0.2) is 4.79 Å². The van der Waals surface area contributed by atoms with Gasteiger partial charge in [-0.1, -0.05) is 96.8 Å². The third kappa shape index (κ3) is 42.6. The molecule has 0 radical (unpaired) electrons. The molecule has 0 heterocycles. The minimum Gasteiger partial charge on any atom is -0.480 e. The second-order valence-electron chi connectivity index (χ2n) is 11.7. The molecule has 12 nitrogen and oxygen atoms in total. The maximum Gasteiger partial charge on any atom is 0.329 e. The van der Waals surface area contributed by atoms with Crippen LogP contribution in [0.1, 0.15) is 110 Å². The van der Waals surface area contributed by atoms with E-state index in [0.717, 1.165) is 12.8 Å². The second kappa shape index (κ2) is 41.8. The van der Waals surface area contributed by atoms with Crippen molar-refractivity contribution < 1.29 is 57.3 Å². The van der Waals surface area contributed by atoms with E-state index >= 15 is 0 Å². The van der Waals surface area contributed by atoms with Crippen molar-refractivity contribution in [2.45, 2.75) is 110 Å². The number of aliphatic carboxylic acids is 1. The molecule has 0 aliphatic carbocycles. The molecule has 286 valence electrons. The molecule has 0 rings (SSSR count). The summed E-state index contributed by atoms with van der Waals surface area (Å²) in [5, 5.41) is 8.43. The van der Waals surface area contributed by atoms with Crippen molar-refractivity contribution in [3.05, 3.63) is 0 Å². The number of carboxylic acid groups (broad SMARTS) is 1. The van der Waals surface area contributed by atoms with Crippen LogP contribution in [0, 0.1) is 0 Å². The van der Waals surface area contributed by atoms with Crippen molar-refractivity contribution in [2.75, 3.05) is 112 Å². The lowest BCUT2D eigenvalue weighted by molar-refractivity contribution is -0.145. The Hall–Kier alpha value is -1.38. The Kier molecular flexibility index (Phi) is 40.6. The molecular formula is C36H70O12. The summed E-state index contributed by atoms with van der Waals surface area (Å²) in [5.74, 6) is -1.13. The molecule has 12 heteroatoms. The molecule has 0 atom stereocenters. The molecule has 48 heavy (non-hydrogen) atoms. The molecule has 0 fully saturated rings. The van der Waals surface area contributed by atoms with Crippen molar-refractivity contribution in [2.24, 2.45) is 0 Å². The Bertz CT molecular complexity index is 652. The van der Waals surface area contributed by atoms with E-state index in [0.29, 0.717) is 98.9 Å². The molecule has 0 saturated carbocycles. The van der Waals surface area contributed by atoms with Gasteiger partial charge in [0.1, 0.15) is 13.2 Å². The highest BCUT2D eigenvalue weighted by atomic mass is 16.6. The Morgan fingerprint density at radius 3 is 0.958 bits per heavy atom. The number of carboxylic acids is 1. The first-order valence-electron chi connectivity index (χ1n) is 18.7. The summed E-state index contributed by atoms with van der Waals surface area (Å²) in [5.41, 5.74) is 0. The first kappa shape index (κ1) is 46.6. The van der Waals surface area contributed by atoms with E-state index in [2.05, 4.69) is 6.92 Å². The average Bonchev–Trinajstić information content (AvgIpc) is 3.08. The van der Waals surface area contributed by atoms with Gasteiger partial charge in [-0.2, -0.15) is 0 Å². The van der Waals surface area contributed by atoms with Crippen LogP contribution in [0.5, 0.6) is 0 Å². The summed E-state index contributed by atoms with van der Waals surface area (Å²) < 4.78 is 48.0. The summed E-state index contributed by atoms with van der Waals surface area (Å²) in [6.07, 6.45) is 20.2. The van der Waals surface area contributed by atoms with Crippen LogP contribution in [0.15, 0.2) is 0 Å². The fourth-order valence-corrected chi connectivity index (χ4v) is 4.63. The van der Waals surface area contributed by atoms with Gasteiger partial charge in [-0.05, 0) is 6.42 Å². The third-order valence-corrected chi connectivity index (χ3v) is 7.30. The first-order chi connectivity index (χ1) is 23.7. The van der Waals surface area contributed by atoms with E-state index in [4.69, 9.17) is 47.7 Å². The summed E-state index contributed by atoms with van der Waals surface area (Å²) in [6.45, 7) is 8.74. The minimum absolute atomic E-state index is 0.136. The zero-order valence-electron chi connectivity index (χ0n) is 30.3. The van der Waals surface area contributed by atoms with Crippen LogP contribution in [0.4, 0.5) is 0 Å². The van der Waals surface area contributed by atoms with Crippen molar-refractivity contribution in [1.82, 2.24) is 0 Å². The SMILES string of the molecule is CCCCCCCCCCCCCCCCCC(=O)OCCOCCOCCOCCOCCOCCOCCOCCOCC(=O)O. The first-order valence-corrected chi connectivity index (χ1v) is 18.7. The van der Waals surface area contributed by atoms with E-state index in [1.54, 1.807) is 0 Å². The summed E-state index contributed by atoms with van der Waals surface area (Å²) in [6, 6.07) is 0. The Labute approximate surface area is 291 Å². The van der Waals surface area contributed by atoms with E-state index < -0.39 is 5.97 Å². The molecule has 0 amide bonds. The van der Waals surface area contributed by atoms with Crippen molar-refractivity contribution in [1.29, 1.82) is 0 Å². The second-order valence-corrected chi connectivity index (χ2v) is 11.7. The fourth-order valence-electron chi connectivity index (χ4n) is 4.63. The quantitative estimate of drug-likeness (QED) is 0.0592. The molecule has 0 aromatic heterocycles. The largest absolute Gasteiger partial charge is 0.480 e. The monoisotopic (exact) mass is 694 g/mol. The van der Waals surface area contributed by atoms with Crippen LogP contribution in [0.25, 0.3) is 0 Å².